The monoisotopic (exact) mass is 448 g/mol. The van der Waals surface area contributed by atoms with Gasteiger partial charge in [0.05, 0.1) is 4.90 Å². The van der Waals surface area contributed by atoms with Gasteiger partial charge in [-0.2, -0.15) is 0 Å². The van der Waals surface area contributed by atoms with E-state index in [0.717, 1.165) is 18.4 Å². The van der Waals surface area contributed by atoms with Gasteiger partial charge in [-0.05, 0) is 49.9 Å². The molecule has 8 heteroatoms. The number of carbonyl (C=O) groups is 2. The van der Waals surface area contributed by atoms with Gasteiger partial charge >= 0.3 is 0 Å². The fourth-order valence-electron chi connectivity index (χ4n) is 3.68. The van der Waals surface area contributed by atoms with Gasteiger partial charge in [0.15, 0.2) is 5.78 Å². The second-order valence-electron chi connectivity index (χ2n) is 7.41. The third-order valence-corrected chi connectivity index (χ3v) is 7.16. The van der Waals surface area contributed by atoms with E-state index in [2.05, 4.69) is 4.72 Å². The average Bonchev–Trinajstić information content (AvgIpc) is 3.18. The van der Waals surface area contributed by atoms with Crippen molar-refractivity contribution < 1.29 is 18.0 Å². The van der Waals surface area contributed by atoms with Crippen LogP contribution in [0.15, 0.2) is 53.4 Å². The average molecular weight is 449 g/mol. The summed E-state index contributed by atoms with van der Waals surface area (Å²) in [6, 6.07) is 13.4. The van der Waals surface area contributed by atoms with Crippen molar-refractivity contribution in [2.45, 2.75) is 43.5 Å². The molecule has 1 N–H and O–H groups in total. The van der Waals surface area contributed by atoms with Crippen molar-refractivity contribution in [2.75, 3.05) is 13.1 Å². The quantitative estimate of drug-likeness (QED) is 0.627. The Balaban J connectivity index is 1.55. The summed E-state index contributed by atoms with van der Waals surface area (Å²) in [6.45, 7) is 2.11. The second kappa shape index (κ2) is 9.73. The first kappa shape index (κ1) is 22.5. The molecule has 1 amide bonds. The van der Waals surface area contributed by atoms with Gasteiger partial charge in [0.2, 0.25) is 15.9 Å². The summed E-state index contributed by atoms with van der Waals surface area (Å²) in [4.78, 5) is 25.9. The topological polar surface area (TPSA) is 83.5 Å². The van der Waals surface area contributed by atoms with Gasteiger partial charge in [-0.25, -0.2) is 13.1 Å². The van der Waals surface area contributed by atoms with Crippen molar-refractivity contribution >= 4 is 33.3 Å². The normalized spacial score (nSPS) is 16.6. The molecule has 2 aromatic carbocycles. The zero-order valence-electron chi connectivity index (χ0n) is 16.8. The number of likely N-dealkylation sites (tertiary alicyclic amines) is 1. The molecule has 0 aromatic heterocycles. The molecular weight excluding hydrogens is 424 g/mol. The van der Waals surface area contributed by atoms with E-state index >= 15 is 0 Å². The zero-order valence-corrected chi connectivity index (χ0v) is 18.4. The lowest BCUT2D eigenvalue weighted by Crippen LogP contribution is -2.38. The summed E-state index contributed by atoms with van der Waals surface area (Å²) in [5.74, 6) is -0.200. The summed E-state index contributed by atoms with van der Waals surface area (Å²) in [5.41, 5.74) is 1.46. The Morgan fingerprint density at radius 1 is 1.13 bits per heavy atom. The molecule has 30 heavy (non-hydrogen) atoms. The Bertz CT molecular complexity index is 1020. The molecule has 1 heterocycles. The van der Waals surface area contributed by atoms with Gasteiger partial charge in [-0.3, -0.25) is 9.59 Å². The highest BCUT2D eigenvalue weighted by molar-refractivity contribution is 7.89. The summed E-state index contributed by atoms with van der Waals surface area (Å²) in [5, 5.41) is 0.695. The van der Waals surface area contributed by atoms with E-state index in [0.29, 0.717) is 23.6 Å². The van der Waals surface area contributed by atoms with Crippen molar-refractivity contribution in [2.24, 2.45) is 0 Å². The minimum Gasteiger partial charge on any atom is -0.339 e. The van der Waals surface area contributed by atoms with E-state index in [9.17, 15) is 18.0 Å². The van der Waals surface area contributed by atoms with Crippen LogP contribution in [0.3, 0.4) is 0 Å². The molecule has 160 valence electrons. The van der Waals surface area contributed by atoms with Crippen molar-refractivity contribution in [3.63, 3.8) is 0 Å². The standard InChI is InChI=1S/C22H25ClN2O4S/c1-16(26)17-8-10-20(11-9-17)30(28,29)24-13-12-22(27)25-14-4-6-19(25)15-18-5-2-3-7-21(18)23/h2-3,5,7-11,19,24H,4,6,12-15H2,1H3. The number of halogens is 1. The Hall–Kier alpha value is -2.22. The lowest BCUT2D eigenvalue weighted by Gasteiger charge is -2.25. The fourth-order valence-corrected chi connectivity index (χ4v) is 4.93. The van der Waals surface area contributed by atoms with Crippen LogP contribution in [0.25, 0.3) is 0 Å². The summed E-state index contributed by atoms with van der Waals surface area (Å²) < 4.78 is 27.3. The highest BCUT2D eigenvalue weighted by Crippen LogP contribution is 2.25. The van der Waals surface area contributed by atoms with Crippen molar-refractivity contribution in [1.29, 1.82) is 0 Å². The highest BCUT2D eigenvalue weighted by atomic mass is 35.5. The first-order valence-electron chi connectivity index (χ1n) is 9.91. The van der Waals surface area contributed by atoms with Gasteiger partial charge < -0.3 is 4.90 Å². The molecule has 1 unspecified atom stereocenters. The van der Waals surface area contributed by atoms with Crippen LogP contribution in [-0.4, -0.2) is 44.1 Å². The Morgan fingerprint density at radius 3 is 2.50 bits per heavy atom. The van der Waals surface area contributed by atoms with Crippen molar-refractivity contribution in [1.82, 2.24) is 9.62 Å². The van der Waals surface area contributed by atoms with Crippen LogP contribution < -0.4 is 4.72 Å². The maximum absolute atomic E-state index is 12.7. The van der Waals surface area contributed by atoms with Crippen molar-refractivity contribution in [3.8, 4) is 0 Å². The molecule has 6 nitrogen and oxygen atoms in total. The van der Waals surface area contributed by atoms with Gasteiger partial charge in [0.1, 0.15) is 0 Å². The molecular formula is C22H25ClN2O4S. The number of Topliss-reactive ketones (excluding diaryl/α,β-unsaturated/α-hetero) is 1. The minimum absolute atomic E-state index is 0.0188. The molecule has 0 saturated carbocycles. The third kappa shape index (κ3) is 5.47. The third-order valence-electron chi connectivity index (χ3n) is 5.31. The van der Waals surface area contributed by atoms with Crippen LogP contribution >= 0.6 is 11.6 Å². The summed E-state index contributed by atoms with van der Waals surface area (Å²) in [7, 11) is -3.74. The number of benzene rings is 2. The largest absolute Gasteiger partial charge is 0.339 e. The molecule has 1 fully saturated rings. The molecule has 1 atom stereocenters. The second-order valence-corrected chi connectivity index (χ2v) is 9.58. The van der Waals surface area contributed by atoms with Crippen LogP contribution in [0.1, 0.15) is 42.1 Å². The smallest absolute Gasteiger partial charge is 0.240 e. The number of amides is 1. The predicted molar refractivity (Wildman–Crippen MR) is 116 cm³/mol. The summed E-state index contributed by atoms with van der Waals surface area (Å²) in [6.07, 6.45) is 2.61. The molecule has 1 aliphatic heterocycles. The number of sulfonamides is 1. The molecule has 0 radical (unpaired) electrons. The highest BCUT2D eigenvalue weighted by Gasteiger charge is 2.29. The number of nitrogens with one attached hydrogen (secondary N) is 1. The molecule has 3 rings (SSSR count). The number of nitrogens with zero attached hydrogens (tertiary/aromatic N) is 1. The SMILES string of the molecule is CC(=O)c1ccc(S(=O)(=O)NCCC(=O)N2CCCC2Cc2ccccc2Cl)cc1. The first-order chi connectivity index (χ1) is 14.3. The van der Waals surface area contributed by atoms with Gasteiger partial charge in [0.25, 0.3) is 0 Å². The molecule has 2 aromatic rings. The fraction of sp³-hybridized carbons (Fsp3) is 0.364. The number of carbonyl (C=O) groups excluding carboxylic acids is 2. The molecule has 0 bridgehead atoms. The molecule has 0 spiro atoms. The minimum atomic E-state index is -3.74. The van der Waals surface area contributed by atoms with Gasteiger partial charge in [-0.15, -0.1) is 0 Å². The van der Waals surface area contributed by atoms with E-state index in [-0.39, 0.29) is 35.6 Å². The van der Waals surface area contributed by atoms with E-state index in [4.69, 9.17) is 11.6 Å². The van der Waals surface area contributed by atoms with E-state index in [1.807, 2.05) is 29.2 Å². The van der Waals surface area contributed by atoms with Crippen LogP contribution in [0.2, 0.25) is 5.02 Å². The number of rotatable bonds is 8. The van der Waals surface area contributed by atoms with Crippen LogP contribution in [0.5, 0.6) is 0 Å². The van der Waals surface area contributed by atoms with Crippen molar-refractivity contribution in [3.05, 3.63) is 64.7 Å². The predicted octanol–water partition coefficient (Wildman–Crippen LogP) is 3.44. The maximum Gasteiger partial charge on any atom is 0.240 e. The number of hydrogen-bond donors (Lipinski definition) is 1. The van der Waals surface area contributed by atoms with Gasteiger partial charge in [0, 0.05) is 36.1 Å². The number of hydrogen-bond acceptors (Lipinski definition) is 4. The molecule has 1 aliphatic rings. The Labute approximate surface area is 182 Å². The lowest BCUT2D eigenvalue weighted by atomic mass is 10.0. The van der Waals surface area contributed by atoms with Crippen LogP contribution in [-0.2, 0) is 21.2 Å². The zero-order chi connectivity index (χ0) is 21.7. The Kier molecular flexibility index (Phi) is 7.28. The summed E-state index contributed by atoms with van der Waals surface area (Å²) >= 11 is 6.25. The Morgan fingerprint density at radius 2 is 1.83 bits per heavy atom. The first-order valence-corrected chi connectivity index (χ1v) is 11.8. The maximum atomic E-state index is 12.7. The molecule has 1 saturated heterocycles. The molecule has 0 aliphatic carbocycles. The van der Waals surface area contributed by atoms with Crippen LogP contribution in [0.4, 0.5) is 0 Å². The van der Waals surface area contributed by atoms with E-state index < -0.39 is 10.0 Å². The van der Waals surface area contributed by atoms with Crippen LogP contribution in [0, 0.1) is 0 Å². The van der Waals surface area contributed by atoms with Gasteiger partial charge in [-0.1, -0.05) is 41.9 Å². The van der Waals surface area contributed by atoms with E-state index in [1.165, 1.54) is 31.2 Å². The van der Waals surface area contributed by atoms with E-state index in [1.54, 1.807) is 0 Å². The lowest BCUT2D eigenvalue weighted by molar-refractivity contribution is -0.131. The number of ketones is 1.